The Hall–Kier alpha value is -1.02. The van der Waals surface area contributed by atoms with E-state index >= 15 is 0 Å². The quantitative estimate of drug-likeness (QED) is 0.724. The van der Waals surface area contributed by atoms with Gasteiger partial charge in [0.1, 0.15) is 0 Å². The normalized spacial score (nSPS) is 10.4. The average Bonchev–Trinajstić information content (AvgIpc) is 2.24. The zero-order valence-corrected chi connectivity index (χ0v) is 10.3. The zero-order valence-electron chi connectivity index (χ0n) is 10.3. The van der Waals surface area contributed by atoms with Crippen LogP contribution in [-0.2, 0) is 0 Å². The molecule has 0 bridgehead atoms. The number of rotatable bonds is 5. The van der Waals surface area contributed by atoms with E-state index in [4.69, 9.17) is 0 Å². The lowest BCUT2D eigenvalue weighted by Crippen LogP contribution is -2.13. The van der Waals surface area contributed by atoms with Gasteiger partial charge in [0.15, 0.2) is 0 Å². The van der Waals surface area contributed by atoms with Gasteiger partial charge < -0.3 is 10.6 Å². The fraction of sp³-hybridized carbons (Fsp3) is 0.538. The number of hydrogen-bond donors (Lipinski definition) is 2. The third kappa shape index (κ3) is 3.24. The van der Waals surface area contributed by atoms with Crippen molar-refractivity contribution in [2.24, 2.45) is 0 Å². The fourth-order valence-corrected chi connectivity index (χ4v) is 1.64. The molecule has 1 rings (SSSR count). The van der Waals surface area contributed by atoms with E-state index in [9.17, 15) is 0 Å². The number of hydrogen-bond acceptors (Lipinski definition) is 2. The highest BCUT2D eigenvalue weighted by Crippen LogP contribution is 2.21. The molecule has 1 aromatic rings. The molecule has 0 unspecified atom stereocenters. The van der Waals surface area contributed by atoms with E-state index in [1.807, 2.05) is 7.05 Å². The van der Waals surface area contributed by atoms with Gasteiger partial charge in [0.25, 0.3) is 0 Å². The maximum atomic E-state index is 3.48. The Balaban J connectivity index is 2.58. The molecule has 0 fully saturated rings. The van der Waals surface area contributed by atoms with Crippen LogP contribution in [0, 0.1) is 20.8 Å². The van der Waals surface area contributed by atoms with Crippen LogP contribution < -0.4 is 10.6 Å². The zero-order chi connectivity index (χ0) is 11.3. The van der Waals surface area contributed by atoms with E-state index in [2.05, 4.69) is 43.5 Å². The molecule has 2 heteroatoms. The van der Waals surface area contributed by atoms with Crippen molar-refractivity contribution in [2.75, 3.05) is 25.5 Å². The molecule has 0 saturated carbocycles. The summed E-state index contributed by atoms with van der Waals surface area (Å²) in [4.78, 5) is 0. The molecule has 0 heterocycles. The SMILES string of the molecule is CNCCCNc1ccc(C)c(C)c1C. The van der Waals surface area contributed by atoms with Crippen LogP contribution in [0.15, 0.2) is 12.1 Å². The molecule has 2 nitrogen and oxygen atoms in total. The second kappa shape index (κ2) is 5.76. The molecule has 0 aliphatic rings. The van der Waals surface area contributed by atoms with Crippen LogP contribution in [0.4, 0.5) is 5.69 Å². The Labute approximate surface area is 93.1 Å². The predicted molar refractivity (Wildman–Crippen MR) is 67.7 cm³/mol. The Morgan fingerprint density at radius 2 is 1.73 bits per heavy atom. The van der Waals surface area contributed by atoms with Gasteiger partial charge in [0.2, 0.25) is 0 Å². The fourth-order valence-electron chi connectivity index (χ4n) is 1.64. The van der Waals surface area contributed by atoms with Crippen molar-refractivity contribution in [1.82, 2.24) is 5.32 Å². The Bertz CT molecular complexity index is 319. The van der Waals surface area contributed by atoms with Crippen LogP contribution in [0.5, 0.6) is 0 Å². The highest BCUT2D eigenvalue weighted by molar-refractivity contribution is 5.55. The van der Waals surface area contributed by atoms with Crippen molar-refractivity contribution in [1.29, 1.82) is 0 Å². The third-order valence-corrected chi connectivity index (χ3v) is 2.98. The first-order valence-electron chi connectivity index (χ1n) is 5.62. The molecule has 0 radical (unpaired) electrons. The molecule has 0 atom stereocenters. The summed E-state index contributed by atoms with van der Waals surface area (Å²) in [5.41, 5.74) is 5.41. The molecule has 2 N–H and O–H groups in total. The summed E-state index contributed by atoms with van der Waals surface area (Å²) < 4.78 is 0. The average molecular weight is 206 g/mol. The third-order valence-electron chi connectivity index (χ3n) is 2.98. The van der Waals surface area contributed by atoms with Crippen molar-refractivity contribution in [3.8, 4) is 0 Å². The van der Waals surface area contributed by atoms with Crippen molar-refractivity contribution >= 4 is 5.69 Å². The Morgan fingerprint density at radius 3 is 2.40 bits per heavy atom. The topological polar surface area (TPSA) is 24.1 Å². The van der Waals surface area contributed by atoms with E-state index in [0.717, 1.165) is 19.5 Å². The summed E-state index contributed by atoms with van der Waals surface area (Å²) in [6, 6.07) is 4.36. The minimum absolute atomic E-state index is 1.03. The van der Waals surface area contributed by atoms with Gasteiger partial charge in [-0.2, -0.15) is 0 Å². The van der Waals surface area contributed by atoms with Gasteiger partial charge in [-0.25, -0.2) is 0 Å². The second-order valence-corrected chi connectivity index (χ2v) is 4.06. The Kier molecular flexibility index (Phi) is 4.63. The first kappa shape index (κ1) is 12.1. The minimum Gasteiger partial charge on any atom is -0.385 e. The number of nitrogens with one attached hydrogen (secondary N) is 2. The van der Waals surface area contributed by atoms with Crippen LogP contribution in [0.3, 0.4) is 0 Å². The van der Waals surface area contributed by atoms with Gasteiger partial charge >= 0.3 is 0 Å². The minimum atomic E-state index is 1.03. The summed E-state index contributed by atoms with van der Waals surface area (Å²) in [6.07, 6.45) is 1.16. The summed E-state index contributed by atoms with van der Waals surface area (Å²) in [7, 11) is 1.99. The molecular formula is C13H22N2. The van der Waals surface area contributed by atoms with Gasteiger partial charge in [-0.05, 0) is 63.5 Å². The maximum absolute atomic E-state index is 3.48. The largest absolute Gasteiger partial charge is 0.385 e. The number of aryl methyl sites for hydroxylation is 1. The van der Waals surface area contributed by atoms with Crippen LogP contribution in [0.1, 0.15) is 23.1 Å². The van der Waals surface area contributed by atoms with Crippen molar-refractivity contribution in [3.05, 3.63) is 28.8 Å². The number of anilines is 1. The van der Waals surface area contributed by atoms with Gasteiger partial charge in [0.05, 0.1) is 0 Å². The van der Waals surface area contributed by atoms with E-state index < -0.39 is 0 Å². The Morgan fingerprint density at radius 1 is 1.00 bits per heavy atom. The standard InChI is InChI=1S/C13H22N2/c1-10-6-7-13(12(3)11(10)2)15-9-5-8-14-4/h6-7,14-15H,5,8-9H2,1-4H3. The monoisotopic (exact) mass is 206 g/mol. The van der Waals surface area contributed by atoms with Crippen molar-refractivity contribution in [2.45, 2.75) is 27.2 Å². The van der Waals surface area contributed by atoms with E-state index in [1.54, 1.807) is 0 Å². The maximum Gasteiger partial charge on any atom is 0.0372 e. The highest BCUT2D eigenvalue weighted by Gasteiger charge is 2.02. The molecule has 15 heavy (non-hydrogen) atoms. The highest BCUT2D eigenvalue weighted by atomic mass is 14.9. The lowest BCUT2D eigenvalue weighted by Gasteiger charge is -2.13. The first-order valence-corrected chi connectivity index (χ1v) is 5.62. The van der Waals surface area contributed by atoms with Crippen LogP contribution in [0.25, 0.3) is 0 Å². The molecule has 0 aliphatic heterocycles. The van der Waals surface area contributed by atoms with Gasteiger partial charge in [-0.3, -0.25) is 0 Å². The summed E-state index contributed by atoms with van der Waals surface area (Å²) in [5.74, 6) is 0. The summed E-state index contributed by atoms with van der Waals surface area (Å²) in [5, 5.41) is 6.62. The molecule has 1 aromatic carbocycles. The number of benzene rings is 1. The second-order valence-electron chi connectivity index (χ2n) is 4.06. The lowest BCUT2D eigenvalue weighted by molar-refractivity contribution is 0.748. The van der Waals surface area contributed by atoms with E-state index in [-0.39, 0.29) is 0 Å². The molecular weight excluding hydrogens is 184 g/mol. The van der Waals surface area contributed by atoms with Crippen LogP contribution in [0.2, 0.25) is 0 Å². The van der Waals surface area contributed by atoms with Gasteiger partial charge in [-0.1, -0.05) is 6.07 Å². The van der Waals surface area contributed by atoms with Crippen LogP contribution in [-0.4, -0.2) is 20.1 Å². The molecule has 0 saturated heterocycles. The smallest absolute Gasteiger partial charge is 0.0372 e. The van der Waals surface area contributed by atoms with E-state index in [0.29, 0.717) is 0 Å². The predicted octanol–water partition coefficient (Wildman–Crippen LogP) is 2.63. The van der Waals surface area contributed by atoms with Gasteiger partial charge in [0, 0.05) is 12.2 Å². The lowest BCUT2D eigenvalue weighted by atomic mass is 10.0. The molecule has 0 spiro atoms. The molecule has 0 aromatic heterocycles. The van der Waals surface area contributed by atoms with Crippen molar-refractivity contribution in [3.63, 3.8) is 0 Å². The summed E-state index contributed by atoms with van der Waals surface area (Å²) in [6.45, 7) is 8.63. The molecule has 0 amide bonds. The first-order chi connectivity index (χ1) is 7.16. The van der Waals surface area contributed by atoms with Gasteiger partial charge in [-0.15, -0.1) is 0 Å². The summed E-state index contributed by atoms with van der Waals surface area (Å²) >= 11 is 0. The van der Waals surface area contributed by atoms with Crippen LogP contribution >= 0.6 is 0 Å². The molecule has 0 aliphatic carbocycles. The van der Waals surface area contributed by atoms with Crippen molar-refractivity contribution < 1.29 is 0 Å². The molecule has 84 valence electrons. The van der Waals surface area contributed by atoms with E-state index in [1.165, 1.54) is 22.4 Å².